The van der Waals surface area contributed by atoms with E-state index in [1.807, 2.05) is 0 Å². The molecule has 0 bridgehead atoms. The lowest BCUT2D eigenvalue weighted by Gasteiger charge is -2.27. The van der Waals surface area contributed by atoms with Crippen molar-refractivity contribution in [2.75, 3.05) is 13.1 Å². The molecule has 1 aliphatic rings. The second-order valence-electron chi connectivity index (χ2n) is 3.03. The molecule has 3 heteroatoms. The van der Waals surface area contributed by atoms with Crippen LogP contribution in [0, 0.1) is 5.92 Å². The van der Waals surface area contributed by atoms with Crippen LogP contribution in [0.4, 0.5) is 0 Å². The molecule has 0 saturated carbocycles. The molecule has 1 saturated heterocycles. The van der Waals surface area contributed by atoms with Crippen molar-refractivity contribution in [3.8, 4) is 0 Å². The highest BCUT2D eigenvalue weighted by Crippen LogP contribution is 2.16. The fourth-order valence-electron chi connectivity index (χ4n) is 1.41. The lowest BCUT2D eigenvalue weighted by atomic mass is 9.94. The third-order valence-electron chi connectivity index (χ3n) is 2.25. The first-order valence-electron chi connectivity index (χ1n) is 3.94. The first kappa shape index (κ1) is 8.24. The van der Waals surface area contributed by atoms with Crippen LogP contribution in [-0.2, 0) is 9.59 Å². The minimum atomic E-state index is 0.200. The normalized spacial score (nSPS) is 19.9. The van der Waals surface area contributed by atoms with Crippen LogP contribution in [0.2, 0.25) is 0 Å². The first-order chi connectivity index (χ1) is 5.24. The third-order valence-corrected chi connectivity index (χ3v) is 2.25. The number of likely N-dealkylation sites (tertiary alicyclic amines) is 1. The van der Waals surface area contributed by atoms with Gasteiger partial charge in [0, 0.05) is 19.0 Å². The highest BCUT2D eigenvalue weighted by Gasteiger charge is 2.20. The van der Waals surface area contributed by atoms with Crippen molar-refractivity contribution >= 4 is 12.2 Å². The molecular weight excluding hydrogens is 142 g/mol. The van der Waals surface area contributed by atoms with E-state index in [-0.39, 0.29) is 11.7 Å². The molecule has 0 atom stereocenters. The molecule has 1 aliphatic heterocycles. The van der Waals surface area contributed by atoms with E-state index in [1.165, 1.54) is 0 Å². The minimum Gasteiger partial charge on any atom is -0.345 e. The van der Waals surface area contributed by atoms with Gasteiger partial charge in [0.05, 0.1) is 0 Å². The number of Topliss-reactive ketones (excluding diaryl/α,β-unsaturated/α-hetero) is 1. The van der Waals surface area contributed by atoms with Gasteiger partial charge >= 0.3 is 0 Å². The Labute approximate surface area is 66.4 Å². The van der Waals surface area contributed by atoms with Gasteiger partial charge in [-0.25, -0.2) is 0 Å². The Morgan fingerprint density at radius 3 is 2.36 bits per heavy atom. The zero-order chi connectivity index (χ0) is 8.27. The van der Waals surface area contributed by atoms with Gasteiger partial charge in [-0.2, -0.15) is 0 Å². The van der Waals surface area contributed by atoms with Gasteiger partial charge in [-0.1, -0.05) is 0 Å². The van der Waals surface area contributed by atoms with Crippen molar-refractivity contribution in [2.24, 2.45) is 5.92 Å². The van der Waals surface area contributed by atoms with Gasteiger partial charge in [-0.05, 0) is 19.8 Å². The Hall–Kier alpha value is -0.860. The molecule has 1 rings (SSSR count). The monoisotopic (exact) mass is 155 g/mol. The van der Waals surface area contributed by atoms with Crippen LogP contribution >= 0.6 is 0 Å². The molecule has 1 heterocycles. The van der Waals surface area contributed by atoms with E-state index >= 15 is 0 Å². The summed E-state index contributed by atoms with van der Waals surface area (Å²) < 4.78 is 0. The maximum atomic E-state index is 10.9. The Balaban J connectivity index is 2.35. The summed E-state index contributed by atoms with van der Waals surface area (Å²) in [5.74, 6) is 0.460. The summed E-state index contributed by atoms with van der Waals surface area (Å²) in [7, 11) is 0. The summed E-state index contributed by atoms with van der Waals surface area (Å²) in [6, 6.07) is 0. The smallest absolute Gasteiger partial charge is 0.209 e. The Morgan fingerprint density at radius 2 is 2.00 bits per heavy atom. The van der Waals surface area contributed by atoms with Gasteiger partial charge in [0.25, 0.3) is 0 Å². The topological polar surface area (TPSA) is 37.4 Å². The summed E-state index contributed by atoms with van der Waals surface area (Å²) in [5.41, 5.74) is 0. The number of hydrogen-bond donors (Lipinski definition) is 0. The van der Waals surface area contributed by atoms with E-state index in [2.05, 4.69) is 0 Å². The maximum absolute atomic E-state index is 10.9. The molecular formula is C8H13NO2. The van der Waals surface area contributed by atoms with Gasteiger partial charge in [-0.3, -0.25) is 9.59 Å². The molecule has 0 radical (unpaired) electrons. The molecule has 0 aromatic carbocycles. The molecule has 3 nitrogen and oxygen atoms in total. The van der Waals surface area contributed by atoms with E-state index in [0.29, 0.717) is 0 Å². The van der Waals surface area contributed by atoms with Crippen molar-refractivity contribution in [1.29, 1.82) is 0 Å². The number of carbonyl (C=O) groups is 2. The zero-order valence-corrected chi connectivity index (χ0v) is 6.75. The number of nitrogens with zero attached hydrogens (tertiary/aromatic N) is 1. The second kappa shape index (κ2) is 3.51. The Morgan fingerprint density at radius 1 is 1.45 bits per heavy atom. The molecule has 0 aromatic rings. The van der Waals surface area contributed by atoms with E-state index in [4.69, 9.17) is 0 Å². The first-order valence-corrected chi connectivity index (χ1v) is 3.94. The van der Waals surface area contributed by atoms with Crippen molar-refractivity contribution < 1.29 is 9.59 Å². The molecule has 0 spiro atoms. The van der Waals surface area contributed by atoms with Crippen LogP contribution < -0.4 is 0 Å². The molecule has 0 aromatic heterocycles. The van der Waals surface area contributed by atoms with E-state index in [9.17, 15) is 9.59 Å². The van der Waals surface area contributed by atoms with Crippen LogP contribution in [0.3, 0.4) is 0 Å². The number of ketones is 1. The molecule has 0 unspecified atom stereocenters. The van der Waals surface area contributed by atoms with Gasteiger partial charge < -0.3 is 4.90 Å². The van der Waals surface area contributed by atoms with Crippen molar-refractivity contribution in [1.82, 2.24) is 4.90 Å². The highest BCUT2D eigenvalue weighted by atomic mass is 16.1. The number of amides is 1. The van der Waals surface area contributed by atoms with Crippen LogP contribution in [0.1, 0.15) is 19.8 Å². The minimum absolute atomic E-state index is 0.200. The predicted molar refractivity (Wildman–Crippen MR) is 41.0 cm³/mol. The van der Waals surface area contributed by atoms with E-state index in [0.717, 1.165) is 32.3 Å². The van der Waals surface area contributed by atoms with Crippen LogP contribution in [-0.4, -0.2) is 30.2 Å². The van der Waals surface area contributed by atoms with Crippen molar-refractivity contribution in [2.45, 2.75) is 19.8 Å². The largest absolute Gasteiger partial charge is 0.345 e. The predicted octanol–water partition coefficient (Wildman–Crippen LogP) is 0.444. The fraction of sp³-hybridized carbons (Fsp3) is 0.750. The number of carbonyl (C=O) groups excluding carboxylic acids is 2. The average molecular weight is 155 g/mol. The molecule has 1 amide bonds. The Kier molecular flexibility index (Phi) is 2.63. The average Bonchev–Trinajstić information content (AvgIpc) is 2.05. The lowest BCUT2D eigenvalue weighted by molar-refractivity contribution is -0.125. The SMILES string of the molecule is CC(=O)C1CCN(C=O)CC1. The Bertz CT molecular complexity index is 159. The summed E-state index contributed by atoms with van der Waals surface area (Å²) in [5, 5.41) is 0. The highest BCUT2D eigenvalue weighted by molar-refractivity contribution is 5.78. The van der Waals surface area contributed by atoms with Crippen molar-refractivity contribution in [3.63, 3.8) is 0 Å². The van der Waals surface area contributed by atoms with Gasteiger partial charge in [0.1, 0.15) is 5.78 Å². The number of rotatable bonds is 2. The molecule has 1 fully saturated rings. The second-order valence-corrected chi connectivity index (χ2v) is 3.03. The van der Waals surface area contributed by atoms with Crippen LogP contribution in [0.25, 0.3) is 0 Å². The van der Waals surface area contributed by atoms with Gasteiger partial charge in [0.2, 0.25) is 6.41 Å². The van der Waals surface area contributed by atoms with Gasteiger partial charge in [-0.15, -0.1) is 0 Å². The zero-order valence-electron chi connectivity index (χ0n) is 6.75. The summed E-state index contributed by atoms with van der Waals surface area (Å²) in [6.07, 6.45) is 2.54. The number of piperidine rings is 1. The number of hydrogen-bond acceptors (Lipinski definition) is 2. The molecule has 0 N–H and O–H groups in total. The summed E-state index contributed by atoms with van der Waals surface area (Å²) in [6.45, 7) is 3.11. The van der Waals surface area contributed by atoms with Crippen LogP contribution in [0.5, 0.6) is 0 Å². The molecule has 62 valence electrons. The molecule has 11 heavy (non-hydrogen) atoms. The van der Waals surface area contributed by atoms with E-state index < -0.39 is 0 Å². The maximum Gasteiger partial charge on any atom is 0.209 e. The lowest BCUT2D eigenvalue weighted by Crippen LogP contribution is -2.34. The summed E-state index contributed by atoms with van der Waals surface area (Å²) in [4.78, 5) is 22.9. The van der Waals surface area contributed by atoms with Crippen molar-refractivity contribution in [3.05, 3.63) is 0 Å². The standard InChI is InChI=1S/C8H13NO2/c1-7(11)8-2-4-9(6-10)5-3-8/h6,8H,2-5H2,1H3. The van der Waals surface area contributed by atoms with E-state index in [1.54, 1.807) is 11.8 Å². The van der Waals surface area contributed by atoms with Crippen LogP contribution in [0.15, 0.2) is 0 Å². The summed E-state index contributed by atoms with van der Waals surface area (Å²) >= 11 is 0. The molecule has 0 aliphatic carbocycles. The quantitative estimate of drug-likeness (QED) is 0.543. The van der Waals surface area contributed by atoms with Gasteiger partial charge in [0.15, 0.2) is 0 Å². The third kappa shape index (κ3) is 2.03. The fourth-order valence-corrected chi connectivity index (χ4v) is 1.41.